The van der Waals surface area contributed by atoms with E-state index in [9.17, 15) is 9.59 Å². The van der Waals surface area contributed by atoms with E-state index in [0.29, 0.717) is 24.3 Å². The molecule has 2 aliphatic heterocycles. The van der Waals surface area contributed by atoms with E-state index >= 15 is 0 Å². The predicted molar refractivity (Wildman–Crippen MR) is 112 cm³/mol. The molecule has 154 valence electrons. The number of hydrogen-bond acceptors (Lipinski definition) is 5. The molecule has 0 unspecified atom stereocenters. The van der Waals surface area contributed by atoms with Gasteiger partial charge in [0.15, 0.2) is 5.65 Å². The van der Waals surface area contributed by atoms with Crippen LogP contribution in [-0.2, 0) is 4.79 Å². The normalized spacial score (nSPS) is 17.3. The van der Waals surface area contributed by atoms with Gasteiger partial charge in [-0.25, -0.2) is 9.50 Å². The maximum Gasteiger partial charge on any atom is 0.259 e. The number of carbonyl (C=O) groups is 2. The highest BCUT2D eigenvalue weighted by Crippen LogP contribution is 2.24. The number of benzene rings is 1. The van der Waals surface area contributed by atoms with Gasteiger partial charge in [0.05, 0.1) is 12.1 Å². The number of aromatic nitrogens is 3. The SMILES string of the molecule is Cc1cnc2c(C(=O)N3CC(C(=O)N4CCN(c5ccccc5)CC4)C3)cnn2c1. The second kappa shape index (κ2) is 7.44. The summed E-state index contributed by atoms with van der Waals surface area (Å²) in [7, 11) is 0. The summed E-state index contributed by atoms with van der Waals surface area (Å²) in [5.41, 5.74) is 3.21. The second-order valence-corrected chi connectivity index (χ2v) is 8.01. The molecule has 2 amide bonds. The zero-order valence-corrected chi connectivity index (χ0v) is 16.9. The fourth-order valence-electron chi connectivity index (χ4n) is 4.17. The third kappa shape index (κ3) is 3.28. The fraction of sp³-hybridized carbons (Fsp3) is 0.364. The van der Waals surface area contributed by atoms with Gasteiger partial charge in [-0.15, -0.1) is 0 Å². The summed E-state index contributed by atoms with van der Waals surface area (Å²) in [4.78, 5) is 36.0. The van der Waals surface area contributed by atoms with Gasteiger partial charge in [-0.2, -0.15) is 5.10 Å². The standard InChI is InChI=1S/C22H24N6O2/c1-16-11-23-20-19(12-24-28(20)13-16)22(30)27-14-17(15-27)21(29)26-9-7-25(8-10-26)18-5-3-2-4-6-18/h2-6,11-13,17H,7-10,14-15H2,1H3. The molecule has 3 aromatic rings. The van der Waals surface area contributed by atoms with Gasteiger partial charge in [-0.1, -0.05) is 18.2 Å². The summed E-state index contributed by atoms with van der Waals surface area (Å²) in [6.45, 7) is 5.95. The molecule has 8 nitrogen and oxygen atoms in total. The lowest BCUT2D eigenvalue weighted by molar-refractivity contribution is -0.140. The van der Waals surface area contributed by atoms with E-state index < -0.39 is 0 Å². The number of rotatable bonds is 3. The molecule has 0 saturated carbocycles. The molecule has 4 heterocycles. The summed E-state index contributed by atoms with van der Waals surface area (Å²) in [6, 6.07) is 10.3. The fourth-order valence-corrected chi connectivity index (χ4v) is 4.17. The molecule has 2 aliphatic rings. The summed E-state index contributed by atoms with van der Waals surface area (Å²) < 4.78 is 1.62. The molecule has 2 fully saturated rings. The van der Waals surface area contributed by atoms with Crippen molar-refractivity contribution in [2.45, 2.75) is 6.92 Å². The van der Waals surface area contributed by atoms with Gasteiger partial charge >= 0.3 is 0 Å². The maximum atomic E-state index is 12.9. The number of piperazine rings is 1. The molecule has 5 rings (SSSR count). The van der Waals surface area contributed by atoms with Crippen LogP contribution in [-0.4, -0.2) is 75.5 Å². The number of nitrogens with zero attached hydrogens (tertiary/aromatic N) is 6. The highest BCUT2D eigenvalue weighted by atomic mass is 16.2. The van der Waals surface area contributed by atoms with Crippen LogP contribution in [0.5, 0.6) is 0 Å². The summed E-state index contributed by atoms with van der Waals surface area (Å²) >= 11 is 0. The van der Waals surface area contributed by atoms with Gasteiger partial charge in [0.25, 0.3) is 5.91 Å². The average molecular weight is 404 g/mol. The Labute approximate surface area is 174 Å². The topological polar surface area (TPSA) is 74.1 Å². The first-order valence-electron chi connectivity index (χ1n) is 10.3. The number of anilines is 1. The van der Waals surface area contributed by atoms with Gasteiger partial charge in [-0.05, 0) is 24.6 Å². The highest BCUT2D eigenvalue weighted by Gasteiger charge is 2.39. The third-order valence-electron chi connectivity index (χ3n) is 5.95. The molecule has 0 N–H and O–H groups in total. The molecule has 0 bridgehead atoms. The lowest BCUT2D eigenvalue weighted by Gasteiger charge is -2.43. The number of para-hydroxylation sites is 1. The maximum absolute atomic E-state index is 12.9. The van der Waals surface area contributed by atoms with Crippen LogP contribution in [0.25, 0.3) is 5.65 Å². The van der Waals surface area contributed by atoms with E-state index in [1.807, 2.05) is 36.2 Å². The first kappa shape index (κ1) is 18.6. The smallest absolute Gasteiger partial charge is 0.259 e. The van der Waals surface area contributed by atoms with Gasteiger partial charge in [-0.3, -0.25) is 9.59 Å². The molecule has 0 spiro atoms. The minimum atomic E-state index is -0.116. The zero-order chi connectivity index (χ0) is 20.7. The largest absolute Gasteiger partial charge is 0.368 e. The molecule has 0 radical (unpaired) electrons. The summed E-state index contributed by atoms with van der Waals surface area (Å²) in [5.74, 6) is -0.0751. The molecular weight excluding hydrogens is 380 g/mol. The van der Waals surface area contributed by atoms with E-state index in [-0.39, 0.29) is 17.7 Å². The van der Waals surface area contributed by atoms with Crippen LogP contribution in [0.3, 0.4) is 0 Å². The lowest BCUT2D eigenvalue weighted by Crippen LogP contribution is -2.59. The van der Waals surface area contributed by atoms with Crippen molar-refractivity contribution in [1.29, 1.82) is 0 Å². The van der Waals surface area contributed by atoms with Gasteiger partial charge < -0.3 is 14.7 Å². The van der Waals surface area contributed by atoms with Crippen LogP contribution in [0.15, 0.2) is 48.9 Å². The quantitative estimate of drug-likeness (QED) is 0.661. The minimum Gasteiger partial charge on any atom is -0.368 e. The zero-order valence-electron chi connectivity index (χ0n) is 16.9. The third-order valence-corrected chi connectivity index (χ3v) is 5.95. The van der Waals surface area contributed by atoms with Gasteiger partial charge in [0.2, 0.25) is 5.91 Å². The molecule has 2 saturated heterocycles. The van der Waals surface area contributed by atoms with Crippen molar-refractivity contribution >= 4 is 23.1 Å². The number of carbonyl (C=O) groups excluding carboxylic acids is 2. The Hall–Kier alpha value is -3.42. The molecule has 8 heteroatoms. The predicted octanol–water partition coefficient (Wildman–Crippen LogP) is 1.46. The Kier molecular flexibility index (Phi) is 4.61. The number of hydrogen-bond donors (Lipinski definition) is 0. The van der Waals surface area contributed by atoms with Crippen LogP contribution in [0.2, 0.25) is 0 Å². The first-order valence-corrected chi connectivity index (χ1v) is 10.3. The number of likely N-dealkylation sites (tertiary alicyclic amines) is 1. The highest BCUT2D eigenvalue weighted by molar-refractivity contribution is 6.00. The first-order chi connectivity index (χ1) is 14.6. The van der Waals surface area contributed by atoms with Gasteiger partial charge in [0, 0.05) is 57.3 Å². The summed E-state index contributed by atoms with van der Waals surface area (Å²) in [5, 5.41) is 4.23. The van der Waals surface area contributed by atoms with Crippen molar-refractivity contribution in [3.8, 4) is 0 Å². The van der Waals surface area contributed by atoms with E-state index in [2.05, 4.69) is 27.1 Å². The van der Waals surface area contributed by atoms with Crippen molar-refractivity contribution in [3.63, 3.8) is 0 Å². The Morgan fingerprint density at radius 2 is 1.70 bits per heavy atom. The van der Waals surface area contributed by atoms with Crippen LogP contribution in [0, 0.1) is 12.8 Å². The van der Waals surface area contributed by atoms with Gasteiger partial charge in [0.1, 0.15) is 5.56 Å². The molecule has 0 atom stereocenters. The summed E-state index contributed by atoms with van der Waals surface area (Å²) in [6.07, 6.45) is 5.13. The molecular formula is C22H24N6O2. The van der Waals surface area contributed by atoms with E-state index in [1.54, 1.807) is 21.8 Å². The van der Waals surface area contributed by atoms with Crippen LogP contribution in [0.4, 0.5) is 5.69 Å². The van der Waals surface area contributed by atoms with Crippen molar-refractivity contribution in [2.75, 3.05) is 44.2 Å². The average Bonchev–Trinajstić information content (AvgIpc) is 3.16. The molecule has 0 aliphatic carbocycles. The molecule has 30 heavy (non-hydrogen) atoms. The number of fused-ring (bicyclic) bond motifs is 1. The van der Waals surface area contributed by atoms with Crippen LogP contribution in [0.1, 0.15) is 15.9 Å². The van der Waals surface area contributed by atoms with E-state index in [0.717, 1.165) is 31.7 Å². The van der Waals surface area contributed by atoms with Crippen LogP contribution >= 0.6 is 0 Å². The number of aryl methyl sites for hydroxylation is 1. The second-order valence-electron chi connectivity index (χ2n) is 8.01. The Balaban J connectivity index is 1.17. The van der Waals surface area contributed by atoms with Crippen molar-refractivity contribution in [1.82, 2.24) is 24.4 Å². The van der Waals surface area contributed by atoms with E-state index in [1.165, 1.54) is 5.69 Å². The Morgan fingerprint density at radius 1 is 0.967 bits per heavy atom. The monoisotopic (exact) mass is 404 g/mol. The number of amides is 2. The molecule has 1 aromatic carbocycles. The Morgan fingerprint density at radius 3 is 2.43 bits per heavy atom. The lowest BCUT2D eigenvalue weighted by atomic mass is 9.97. The van der Waals surface area contributed by atoms with Crippen LogP contribution < -0.4 is 4.90 Å². The van der Waals surface area contributed by atoms with Crippen molar-refractivity contribution in [2.24, 2.45) is 5.92 Å². The van der Waals surface area contributed by atoms with E-state index in [4.69, 9.17) is 0 Å². The molecule has 2 aromatic heterocycles. The minimum absolute atomic E-state index is 0.112. The van der Waals surface area contributed by atoms with Crippen molar-refractivity contribution < 1.29 is 9.59 Å². The van der Waals surface area contributed by atoms with Crippen molar-refractivity contribution in [3.05, 3.63) is 60.0 Å². The Bertz CT molecular complexity index is 1080.